The van der Waals surface area contributed by atoms with Gasteiger partial charge in [-0.05, 0) is 66.2 Å². The lowest BCUT2D eigenvalue weighted by Crippen LogP contribution is -2.63. The van der Waals surface area contributed by atoms with Gasteiger partial charge in [-0.1, -0.05) is 132 Å². The van der Waals surface area contributed by atoms with Crippen LogP contribution in [0.15, 0.2) is 48.5 Å². The Hall–Kier alpha value is -5.28. The van der Waals surface area contributed by atoms with Crippen LogP contribution in [0.2, 0.25) is 0 Å². The van der Waals surface area contributed by atoms with Gasteiger partial charge in [-0.25, -0.2) is 0 Å². The van der Waals surface area contributed by atoms with Gasteiger partial charge in [0.25, 0.3) is 0 Å². The van der Waals surface area contributed by atoms with Crippen LogP contribution in [0.25, 0.3) is 0 Å². The topological polar surface area (TPSA) is 127 Å². The largest absolute Gasteiger partial charge is 0.507 e. The Morgan fingerprint density at radius 3 is 0.662 bits per heavy atom. The van der Waals surface area contributed by atoms with Crippen LogP contribution in [0.3, 0.4) is 0 Å². The van der Waals surface area contributed by atoms with Crippen LogP contribution in [-0.2, 0) is 67.6 Å². The smallest absolute Gasteiger partial charge is 0.460 e. The van der Waals surface area contributed by atoms with Crippen LogP contribution >= 0.6 is 0 Å². The van der Waals surface area contributed by atoms with Gasteiger partial charge in [-0.2, -0.15) is 95.9 Å². The molecule has 0 atom stereocenters. The summed E-state index contributed by atoms with van der Waals surface area (Å²) >= 11 is 0. The second-order valence-electron chi connectivity index (χ2n) is 23.6. The molecule has 4 aromatic carbocycles. The first-order chi connectivity index (χ1) is 35.3. The van der Waals surface area contributed by atoms with E-state index in [0.717, 1.165) is 24.3 Å². The molecule has 1 aliphatic carbocycles. The quantitative estimate of drug-likeness (QED) is 0.105. The number of phenolic OH excluding ortho intramolecular Hbond substituents is 2. The number of benzene rings is 4. The zero-order chi connectivity index (χ0) is 62.1. The van der Waals surface area contributed by atoms with Crippen molar-refractivity contribution in [2.45, 2.75) is 177 Å². The number of phenols is 2. The van der Waals surface area contributed by atoms with Crippen molar-refractivity contribution in [1.29, 1.82) is 0 Å². The molecule has 5 rings (SSSR count). The first-order valence-electron chi connectivity index (χ1n) is 23.6. The van der Waals surface area contributed by atoms with Crippen LogP contribution in [-0.4, -0.2) is 73.6 Å². The highest BCUT2D eigenvalue weighted by atomic mass is 32.2. The van der Waals surface area contributed by atoms with Crippen LogP contribution in [0.1, 0.15) is 150 Å². The zero-order valence-corrected chi connectivity index (χ0v) is 46.0. The lowest BCUT2D eigenvalue weighted by Gasteiger charge is -2.33. The molecule has 0 aliphatic heterocycles. The molecule has 28 heteroatoms. The molecule has 1 aliphatic rings. The van der Waals surface area contributed by atoms with Crippen molar-refractivity contribution < 1.29 is 114 Å². The standard InChI is InChI=1S/C52H54F18O8S2/c1-41(2,3)33-17-25-13-29-21-35(43(7,8)9)23-31(39(29)77-79(73,74)51(67,68)47(57,58)45(53,54)49(61,62)63)15-27-19-34(42(4,5)6)20-28(38(27)72)16-32-24-36(44(10,11)12)22-30(14-26(18-33)37(25)71)40(32)78-80(75,76)52(69,70)48(59,60)46(55,56)50(64,65)66/h17-24,71-72H,13-16H2,1-12H3. The summed E-state index contributed by atoms with van der Waals surface area (Å²) in [6.07, 6.45) is -19.1. The molecule has 2 N–H and O–H groups in total. The second-order valence-corrected chi connectivity index (χ2v) is 26.8. The molecule has 448 valence electrons. The highest BCUT2D eigenvalue weighted by Crippen LogP contribution is 2.57. The Bertz CT molecular complexity index is 2990. The van der Waals surface area contributed by atoms with Crippen molar-refractivity contribution in [3.63, 3.8) is 0 Å². The summed E-state index contributed by atoms with van der Waals surface area (Å²) < 4.78 is 323. The molecule has 0 fully saturated rings. The van der Waals surface area contributed by atoms with Crippen molar-refractivity contribution in [2.75, 3.05) is 0 Å². The lowest BCUT2D eigenvalue weighted by atomic mass is 9.79. The minimum Gasteiger partial charge on any atom is -0.507 e. The molecule has 4 aromatic rings. The van der Waals surface area contributed by atoms with E-state index >= 15 is 17.6 Å². The number of aromatic hydroxyl groups is 2. The van der Waals surface area contributed by atoms with Gasteiger partial charge >= 0.3 is 66.8 Å². The highest BCUT2D eigenvalue weighted by molar-refractivity contribution is 7.88. The Labute approximate surface area is 448 Å². The molecule has 0 heterocycles. The lowest BCUT2D eigenvalue weighted by molar-refractivity contribution is -0.382. The van der Waals surface area contributed by atoms with E-state index in [4.69, 9.17) is 0 Å². The van der Waals surface area contributed by atoms with E-state index in [1.165, 1.54) is 107 Å². The number of fused-ring (bicyclic) bond motifs is 8. The van der Waals surface area contributed by atoms with E-state index in [9.17, 15) is 88.5 Å². The van der Waals surface area contributed by atoms with Crippen molar-refractivity contribution >= 4 is 20.2 Å². The summed E-state index contributed by atoms with van der Waals surface area (Å²) in [6.45, 7) is 18.4. The van der Waals surface area contributed by atoms with Gasteiger partial charge in [-0.15, -0.1) is 0 Å². The van der Waals surface area contributed by atoms with Crippen LogP contribution in [0, 0.1) is 0 Å². The van der Waals surface area contributed by atoms with Crippen LogP contribution in [0.4, 0.5) is 79.0 Å². The summed E-state index contributed by atoms with van der Waals surface area (Å²) in [5.74, 6) is -35.8. The third-order valence-corrected chi connectivity index (χ3v) is 15.8. The SMILES string of the molecule is CC(C)(C)c1cc2c(O)c(c1)Cc1cc(C(C)(C)C)cc(c1OS(=O)(=O)C(F)(F)C(F)(F)C(F)(F)C(F)(F)F)Cc1cc(C(C)(C)C)cc(c1O)Cc1cc(C(C)(C)C)cc(c1OS(=O)(=O)C(F)(F)C(F)(F)C(F)(F)C(F)(F)F)C2. The van der Waals surface area contributed by atoms with E-state index in [2.05, 4.69) is 8.37 Å². The van der Waals surface area contributed by atoms with Crippen LogP contribution < -0.4 is 8.37 Å². The maximum atomic E-state index is 15.6. The second kappa shape index (κ2) is 19.7. The van der Waals surface area contributed by atoms with E-state index in [-0.39, 0.29) is 22.3 Å². The van der Waals surface area contributed by atoms with Crippen molar-refractivity contribution in [1.82, 2.24) is 0 Å². The van der Waals surface area contributed by atoms with Crippen molar-refractivity contribution in [3.8, 4) is 23.0 Å². The third kappa shape index (κ3) is 11.5. The number of hydrogen-bond donors (Lipinski definition) is 2. The van der Waals surface area contributed by atoms with E-state index < -0.39 is 182 Å². The van der Waals surface area contributed by atoms with Gasteiger partial charge in [0, 0.05) is 47.9 Å². The molecule has 0 spiro atoms. The minimum atomic E-state index is -7.78. The first-order valence-corrected chi connectivity index (χ1v) is 26.4. The molecular formula is C52H54F18O8S2. The van der Waals surface area contributed by atoms with Gasteiger partial charge in [0.15, 0.2) is 0 Å². The normalized spacial score (nSPS) is 15.5. The predicted octanol–water partition coefficient (Wildman–Crippen LogP) is 15.2. The Balaban J connectivity index is 2.04. The summed E-state index contributed by atoms with van der Waals surface area (Å²) in [6, 6.07) is 8.70. The number of halogens is 18. The molecule has 8 bridgehead atoms. The first kappa shape index (κ1) is 65.5. The van der Waals surface area contributed by atoms with Gasteiger partial charge in [0.05, 0.1) is 0 Å². The summed E-state index contributed by atoms with van der Waals surface area (Å²) in [5, 5.41) is 9.57. The van der Waals surface area contributed by atoms with Crippen molar-refractivity contribution in [2.24, 2.45) is 0 Å². The maximum Gasteiger partial charge on any atom is 0.460 e. The summed E-state index contributed by atoms with van der Waals surface area (Å²) in [4.78, 5) is 0. The fourth-order valence-corrected chi connectivity index (χ4v) is 10.2. The van der Waals surface area contributed by atoms with Crippen molar-refractivity contribution in [3.05, 3.63) is 115 Å². The van der Waals surface area contributed by atoms with Crippen LogP contribution in [0.5, 0.6) is 23.0 Å². The molecule has 0 saturated heterocycles. The van der Waals surface area contributed by atoms with Gasteiger partial charge in [0.1, 0.15) is 23.0 Å². The molecule has 0 amide bonds. The maximum absolute atomic E-state index is 15.6. The predicted molar refractivity (Wildman–Crippen MR) is 256 cm³/mol. The van der Waals surface area contributed by atoms with E-state index in [0.29, 0.717) is 0 Å². The number of alkyl halides is 18. The van der Waals surface area contributed by atoms with Gasteiger partial charge in [-0.3, -0.25) is 0 Å². The summed E-state index contributed by atoms with van der Waals surface area (Å²) in [5.41, 5.74) is -8.68. The summed E-state index contributed by atoms with van der Waals surface area (Å²) in [7, 11) is -15.5. The molecule has 80 heavy (non-hydrogen) atoms. The van der Waals surface area contributed by atoms with E-state index in [1.54, 1.807) is 0 Å². The fourth-order valence-electron chi connectivity index (χ4n) is 8.22. The Morgan fingerprint density at radius 2 is 0.500 bits per heavy atom. The average molecular weight is 1210 g/mol. The monoisotopic (exact) mass is 1210 g/mol. The molecule has 8 nitrogen and oxygen atoms in total. The third-order valence-electron chi connectivity index (χ3n) is 13.3. The fraction of sp³-hybridized carbons (Fsp3) is 0.538. The molecular weight excluding hydrogens is 1160 g/mol. The highest BCUT2D eigenvalue weighted by Gasteiger charge is 2.87. The molecule has 0 aromatic heterocycles. The molecule has 0 radical (unpaired) electrons. The Kier molecular flexibility index (Phi) is 16.1. The number of rotatable bonds is 10. The van der Waals surface area contributed by atoms with Gasteiger partial charge in [0.2, 0.25) is 0 Å². The minimum absolute atomic E-state index is 0.107. The average Bonchev–Trinajstić information content (AvgIpc) is 3.24. The number of hydrogen-bond acceptors (Lipinski definition) is 8. The zero-order valence-electron chi connectivity index (χ0n) is 44.4. The van der Waals surface area contributed by atoms with E-state index in [1.807, 2.05) is 0 Å². The molecule has 0 unspecified atom stereocenters. The molecule has 0 saturated carbocycles. The Morgan fingerprint density at radius 1 is 0.325 bits per heavy atom. The van der Waals surface area contributed by atoms with Gasteiger partial charge < -0.3 is 18.6 Å².